The Morgan fingerprint density at radius 3 is 2.59 bits per heavy atom. The number of carboxylic acid groups (broad SMARTS) is 1. The second kappa shape index (κ2) is 5.86. The number of carboxylic acids is 1. The summed E-state index contributed by atoms with van der Waals surface area (Å²) in [6.45, 7) is -0.406. The molecule has 1 rings (SSSR count). The van der Waals surface area contributed by atoms with Gasteiger partial charge in [-0.15, -0.1) is 0 Å². The summed E-state index contributed by atoms with van der Waals surface area (Å²) in [6, 6.07) is 4.50. The number of hydrogen-bond donors (Lipinski definition) is 3. The topological polar surface area (TPSA) is 86.6 Å². The molecule has 1 aromatic rings. The maximum atomic E-state index is 11.6. The van der Waals surface area contributed by atoms with E-state index in [1.807, 2.05) is 0 Å². The number of carbonyl (C=O) groups is 2. The van der Waals surface area contributed by atoms with Crippen molar-refractivity contribution in [2.45, 2.75) is 6.10 Å². The van der Waals surface area contributed by atoms with E-state index in [-0.39, 0.29) is 15.6 Å². The summed E-state index contributed by atoms with van der Waals surface area (Å²) in [6.07, 6.45) is -1.66. The van der Waals surface area contributed by atoms with Crippen molar-refractivity contribution in [2.75, 3.05) is 6.54 Å². The largest absolute Gasteiger partial charge is 0.479 e. The van der Waals surface area contributed by atoms with Crippen LogP contribution in [0.3, 0.4) is 0 Å². The van der Waals surface area contributed by atoms with E-state index in [4.69, 9.17) is 33.4 Å². The third-order valence-corrected chi connectivity index (χ3v) is 2.76. The zero-order chi connectivity index (χ0) is 13.0. The van der Waals surface area contributed by atoms with Crippen LogP contribution in [0.5, 0.6) is 0 Å². The van der Waals surface area contributed by atoms with Crippen molar-refractivity contribution in [3.05, 3.63) is 33.8 Å². The van der Waals surface area contributed by atoms with Crippen molar-refractivity contribution in [3.63, 3.8) is 0 Å². The van der Waals surface area contributed by atoms with Crippen LogP contribution in [0, 0.1) is 0 Å². The molecule has 92 valence electrons. The zero-order valence-electron chi connectivity index (χ0n) is 8.48. The molecule has 7 heteroatoms. The summed E-state index contributed by atoms with van der Waals surface area (Å²) >= 11 is 11.5. The number of hydrogen-bond acceptors (Lipinski definition) is 3. The molecule has 0 aliphatic heterocycles. The van der Waals surface area contributed by atoms with Crippen molar-refractivity contribution < 1.29 is 19.8 Å². The van der Waals surface area contributed by atoms with E-state index in [0.717, 1.165) is 0 Å². The van der Waals surface area contributed by atoms with Crippen LogP contribution in [0.1, 0.15) is 10.4 Å². The maximum Gasteiger partial charge on any atom is 0.334 e. The van der Waals surface area contributed by atoms with Crippen LogP contribution >= 0.6 is 23.2 Å². The molecule has 0 bridgehead atoms. The highest BCUT2D eigenvalue weighted by Gasteiger charge is 2.17. The smallest absolute Gasteiger partial charge is 0.334 e. The predicted octanol–water partition coefficient (Wildman–Crippen LogP) is 1.17. The van der Waals surface area contributed by atoms with E-state index < -0.39 is 24.5 Å². The van der Waals surface area contributed by atoms with E-state index >= 15 is 0 Å². The van der Waals surface area contributed by atoms with Gasteiger partial charge in [-0.05, 0) is 12.1 Å². The fourth-order valence-corrected chi connectivity index (χ4v) is 1.44. The summed E-state index contributed by atoms with van der Waals surface area (Å²) in [7, 11) is 0. The van der Waals surface area contributed by atoms with Gasteiger partial charge in [-0.2, -0.15) is 0 Å². The van der Waals surface area contributed by atoms with E-state index in [0.29, 0.717) is 0 Å². The first-order chi connectivity index (χ1) is 7.93. The Labute approximate surface area is 107 Å². The molecular formula is C10H9Cl2NO4. The quantitative estimate of drug-likeness (QED) is 0.771. The number of benzene rings is 1. The molecule has 0 saturated heterocycles. The molecule has 0 unspecified atom stereocenters. The highest BCUT2D eigenvalue weighted by atomic mass is 35.5. The summed E-state index contributed by atoms with van der Waals surface area (Å²) in [5.41, 5.74) is 0.122. The third-order valence-electron chi connectivity index (χ3n) is 1.94. The number of aliphatic hydroxyl groups excluding tert-OH is 1. The standard InChI is InChI=1S/C10H9Cl2NO4/c11-6-3-1-2-5(8(6)12)9(15)13-4-7(14)10(16)17/h1-3,7,14H,4H2,(H,13,15)(H,16,17)/t7-/m0/s1. The van der Waals surface area contributed by atoms with Gasteiger partial charge in [0.1, 0.15) is 0 Å². The molecule has 3 N–H and O–H groups in total. The van der Waals surface area contributed by atoms with Crippen LogP contribution in [-0.4, -0.2) is 34.7 Å². The Bertz CT molecular complexity index is 450. The monoisotopic (exact) mass is 277 g/mol. The van der Waals surface area contributed by atoms with Gasteiger partial charge >= 0.3 is 5.97 Å². The SMILES string of the molecule is O=C(NC[C@H](O)C(=O)O)c1cccc(Cl)c1Cl. The first kappa shape index (κ1) is 13.8. The number of nitrogens with one attached hydrogen (secondary N) is 1. The lowest BCUT2D eigenvalue weighted by atomic mass is 10.2. The number of aliphatic carboxylic acids is 1. The van der Waals surface area contributed by atoms with Crippen LogP contribution in [-0.2, 0) is 4.79 Å². The van der Waals surface area contributed by atoms with Gasteiger partial charge in [0.2, 0.25) is 0 Å². The average Bonchev–Trinajstić information content (AvgIpc) is 2.29. The summed E-state index contributed by atoms with van der Waals surface area (Å²) in [4.78, 5) is 21.9. The lowest BCUT2D eigenvalue weighted by Crippen LogP contribution is -2.36. The van der Waals surface area contributed by atoms with Crippen molar-refractivity contribution in [2.24, 2.45) is 0 Å². The van der Waals surface area contributed by atoms with E-state index in [1.165, 1.54) is 18.2 Å². The van der Waals surface area contributed by atoms with Gasteiger partial charge in [0.15, 0.2) is 6.10 Å². The van der Waals surface area contributed by atoms with Gasteiger partial charge in [0.25, 0.3) is 5.91 Å². The van der Waals surface area contributed by atoms with Gasteiger partial charge in [-0.25, -0.2) is 4.79 Å². The number of rotatable bonds is 4. The van der Waals surface area contributed by atoms with Gasteiger partial charge in [0, 0.05) is 0 Å². The van der Waals surface area contributed by atoms with E-state index in [2.05, 4.69) is 5.32 Å². The van der Waals surface area contributed by atoms with Crippen LogP contribution in [0.25, 0.3) is 0 Å². The molecule has 0 aliphatic rings. The first-order valence-corrected chi connectivity index (χ1v) is 5.32. The fourth-order valence-electron chi connectivity index (χ4n) is 1.05. The fraction of sp³-hybridized carbons (Fsp3) is 0.200. The minimum absolute atomic E-state index is 0.0801. The lowest BCUT2D eigenvalue weighted by molar-refractivity contribution is -0.146. The molecule has 17 heavy (non-hydrogen) atoms. The zero-order valence-corrected chi connectivity index (χ0v) is 10.00. The molecule has 1 aromatic carbocycles. The van der Waals surface area contributed by atoms with Crippen molar-refractivity contribution in [1.82, 2.24) is 5.32 Å². The molecule has 0 aromatic heterocycles. The molecule has 0 heterocycles. The first-order valence-electron chi connectivity index (χ1n) is 4.56. The number of amides is 1. The van der Waals surface area contributed by atoms with Gasteiger partial charge < -0.3 is 15.5 Å². The summed E-state index contributed by atoms with van der Waals surface area (Å²) in [5.74, 6) is -2.01. The van der Waals surface area contributed by atoms with Crippen LogP contribution in [0.2, 0.25) is 10.0 Å². The molecule has 1 atom stereocenters. The normalized spacial score (nSPS) is 11.9. The molecule has 5 nitrogen and oxygen atoms in total. The maximum absolute atomic E-state index is 11.6. The highest BCUT2D eigenvalue weighted by Crippen LogP contribution is 2.25. The lowest BCUT2D eigenvalue weighted by Gasteiger charge is -2.09. The predicted molar refractivity (Wildman–Crippen MR) is 62.4 cm³/mol. The molecule has 0 fully saturated rings. The van der Waals surface area contributed by atoms with Gasteiger partial charge in [0.05, 0.1) is 22.2 Å². The average molecular weight is 278 g/mol. The molecule has 0 aliphatic carbocycles. The molecule has 0 spiro atoms. The minimum Gasteiger partial charge on any atom is -0.479 e. The van der Waals surface area contributed by atoms with Crippen molar-refractivity contribution in [3.8, 4) is 0 Å². The Kier molecular flexibility index (Phi) is 4.74. The second-order valence-corrected chi connectivity index (χ2v) is 3.95. The number of aliphatic hydroxyl groups is 1. The molecule has 0 radical (unpaired) electrons. The van der Waals surface area contributed by atoms with Crippen LogP contribution < -0.4 is 5.32 Å². The molecule has 1 amide bonds. The van der Waals surface area contributed by atoms with Crippen molar-refractivity contribution >= 4 is 35.1 Å². The van der Waals surface area contributed by atoms with Crippen LogP contribution in [0.15, 0.2) is 18.2 Å². The number of carbonyl (C=O) groups excluding carboxylic acids is 1. The Balaban J connectivity index is 2.71. The Hall–Kier alpha value is -1.30. The van der Waals surface area contributed by atoms with Crippen LogP contribution in [0.4, 0.5) is 0 Å². The summed E-state index contributed by atoms with van der Waals surface area (Å²) < 4.78 is 0. The third kappa shape index (κ3) is 3.59. The Morgan fingerprint density at radius 1 is 1.35 bits per heavy atom. The van der Waals surface area contributed by atoms with Gasteiger partial charge in [-0.1, -0.05) is 29.3 Å². The van der Waals surface area contributed by atoms with Crippen molar-refractivity contribution in [1.29, 1.82) is 0 Å². The summed E-state index contributed by atoms with van der Waals surface area (Å²) in [5, 5.41) is 19.9. The number of halogens is 2. The van der Waals surface area contributed by atoms with Gasteiger partial charge in [-0.3, -0.25) is 4.79 Å². The minimum atomic E-state index is -1.66. The molecular weight excluding hydrogens is 269 g/mol. The van der Waals surface area contributed by atoms with E-state index in [9.17, 15) is 9.59 Å². The molecule has 0 saturated carbocycles. The highest BCUT2D eigenvalue weighted by molar-refractivity contribution is 6.43. The Morgan fingerprint density at radius 2 is 2.00 bits per heavy atom. The van der Waals surface area contributed by atoms with E-state index in [1.54, 1.807) is 0 Å². The second-order valence-electron chi connectivity index (χ2n) is 3.17.